The van der Waals surface area contributed by atoms with Gasteiger partial charge in [-0.05, 0) is 36.2 Å². The summed E-state index contributed by atoms with van der Waals surface area (Å²) in [6, 6.07) is 7.77. The maximum absolute atomic E-state index is 11.8. The third-order valence-electron chi connectivity index (χ3n) is 3.16. The van der Waals surface area contributed by atoms with Gasteiger partial charge in [0.1, 0.15) is 5.75 Å². The molecule has 0 aliphatic carbocycles. The fraction of sp³-hybridized carbons (Fsp3) is 0.312. The molecule has 106 valence electrons. The Morgan fingerprint density at radius 2 is 2.15 bits per heavy atom. The van der Waals surface area contributed by atoms with E-state index in [0.29, 0.717) is 13.0 Å². The minimum Gasteiger partial charge on any atom is -0.497 e. The van der Waals surface area contributed by atoms with E-state index in [4.69, 9.17) is 4.74 Å². The number of Topliss-reactive ketones (excluding diaryl/α,β-unsaturated/α-hetero) is 1. The number of hydrogen-bond acceptors (Lipinski definition) is 2. The van der Waals surface area contributed by atoms with Crippen molar-refractivity contribution in [3.63, 3.8) is 0 Å². The predicted octanol–water partition coefficient (Wildman–Crippen LogP) is 4.29. The van der Waals surface area contributed by atoms with Crippen molar-refractivity contribution in [2.45, 2.75) is 26.3 Å². The van der Waals surface area contributed by atoms with Crippen molar-refractivity contribution in [1.82, 2.24) is 4.57 Å². The summed E-state index contributed by atoms with van der Waals surface area (Å²) in [4.78, 5) is 11.8. The highest BCUT2D eigenvalue weighted by molar-refractivity contribution is 9.10. The fourth-order valence-electron chi connectivity index (χ4n) is 2.07. The fourth-order valence-corrected chi connectivity index (χ4v) is 2.44. The standard InChI is InChI=1S/C16H18BrNO2/c1-3-4-16(19)12-7-8-18(10-12)11-13-9-14(20-2)5-6-15(13)17/h5-10H,3-4,11H2,1-2H3. The van der Waals surface area contributed by atoms with Crippen molar-refractivity contribution in [3.8, 4) is 5.75 Å². The van der Waals surface area contributed by atoms with Crippen molar-refractivity contribution in [3.05, 3.63) is 52.3 Å². The summed E-state index contributed by atoms with van der Waals surface area (Å²) >= 11 is 3.54. The largest absolute Gasteiger partial charge is 0.497 e. The second-order valence-corrected chi connectivity index (χ2v) is 5.56. The third kappa shape index (κ3) is 3.51. The lowest BCUT2D eigenvalue weighted by Crippen LogP contribution is -2.00. The van der Waals surface area contributed by atoms with E-state index in [-0.39, 0.29) is 5.78 Å². The molecule has 0 fully saturated rings. The van der Waals surface area contributed by atoms with Gasteiger partial charge in [0.15, 0.2) is 5.78 Å². The van der Waals surface area contributed by atoms with E-state index in [0.717, 1.165) is 27.8 Å². The van der Waals surface area contributed by atoms with Crippen LogP contribution in [0.4, 0.5) is 0 Å². The molecule has 0 amide bonds. The molecule has 0 aliphatic heterocycles. The van der Waals surface area contributed by atoms with Crippen LogP contribution in [0.1, 0.15) is 35.7 Å². The molecule has 0 bridgehead atoms. The van der Waals surface area contributed by atoms with Crippen LogP contribution in [-0.2, 0) is 6.54 Å². The smallest absolute Gasteiger partial charge is 0.164 e. The van der Waals surface area contributed by atoms with E-state index in [2.05, 4.69) is 15.9 Å². The van der Waals surface area contributed by atoms with Crippen LogP contribution in [0.15, 0.2) is 41.1 Å². The molecule has 3 nitrogen and oxygen atoms in total. The van der Waals surface area contributed by atoms with E-state index in [1.807, 2.05) is 48.1 Å². The molecular formula is C16H18BrNO2. The predicted molar refractivity (Wildman–Crippen MR) is 83.5 cm³/mol. The molecule has 0 unspecified atom stereocenters. The Balaban J connectivity index is 2.16. The van der Waals surface area contributed by atoms with Crippen molar-refractivity contribution in [2.24, 2.45) is 0 Å². The first kappa shape index (κ1) is 14.9. The highest BCUT2D eigenvalue weighted by Crippen LogP contribution is 2.23. The monoisotopic (exact) mass is 335 g/mol. The molecule has 0 N–H and O–H groups in total. The number of ketones is 1. The number of ether oxygens (including phenoxy) is 1. The Bertz CT molecular complexity index is 604. The number of methoxy groups -OCH3 is 1. The van der Waals surface area contributed by atoms with E-state index in [9.17, 15) is 4.79 Å². The van der Waals surface area contributed by atoms with Crippen LogP contribution in [0.3, 0.4) is 0 Å². The summed E-state index contributed by atoms with van der Waals surface area (Å²) < 4.78 is 8.29. The van der Waals surface area contributed by atoms with Crippen molar-refractivity contribution >= 4 is 21.7 Å². The lowest BCUT2D eigenvalue weighted by atomic mass is 10.1. The summed E-state index contributed by atoms with van der Waals surface area (Å²) in [7, 11) is 1.66. The average molecular weight is 336 g/mol. The van der Waals surface area contributed by atoms with Crippen molar-refractivity contribution in [2.75, 3.05) is 7.11 Å². The summed E-state index contributed by atoms with van der Waals surface area (Å²) in [5.74, 6) is 1.04. The Labute approximate surface area is 127 Å². The molecule has 0 aliphatic rings. The SMILES string of the molecule is CCCC(=O)c1ccn(Cc2cc(OC)ccc2Br)c1. The van der Waals surface area contributed by atoms with Gasteiger partial charge < -0.3 is 9.30 Å². The number of benzene rings is 1. The minimum atomic E-state index is 0.205. The number of aromatic nitrogens is 1. The maximum Gasteiger partial charge on any atom is 0.164 e. The summed E-state index contributed by atoms with van der Waals surface area (Å²) in [6.45, 7) is 2.72. The molecule has 1 heterocycles. The molecule has 1 aromatic carbocycles. The zero-order chi connectivity index (χ0) is 14.5. The topological polar surface area (TPSA) is 31.2 Å². The summed E-state index contributed by atoms with van der Waals surface area (Å²) in [6.07, 6.45) is 5.33. The number of halogens is 1. The zero-order valence-corrected chi connectivity index (χ0v) is 13.3. The summed E-state index contributed by atoms with van der Waals surface area (Å²) in [5, 5.41) is 0. The molecule has 0 atom stereocenters. The van der Waals surface area contributed by atoms with Gasteiger partial charge in [0, 0.05) is 35.4 Å². The molecule has 2 aromatic rings. The maximum atomic E-state index is 11.8. The van der Waals surface area contributed by atoms with Crippen LogP contribution in [-0.4, -0.2) is 17.5 Å². The van der Waals surface area contributed by atoms with E-state index < -0.39 is 0 Å². The number of rotatable bonds is 6. The minimum absolute atomic E-state index is 0.205. The van der Waals surface area contributed by atoms with Crippen molar-refractivity contribution < 1.29 is 9.53 Å². The lowest BCUT2D eigenvalue weighted by Gasteiger charge is -2.08. The highest BCUT2D eigenvalue weighted by atomic mass is 79.9. The van der Waals surface area contributed by atoms with Gasteiger partial charge in [0.2, 0.25) is 0 Å². The molecule has 0 spiro atoms. The second kappa shape index (κ2) is 6.75. The van der Waals surface area contributed by atoms with Gasteiger partial charge in [-0.25, -0.2) is 0 Å². The molecule has 0 saturated heterocycles. The normalized spacial score (nSPS) is 10.6. The van der Waals surface area contributed by atoms with Gasteiger partial charge >= 0.3 is 0 Å². The lowest BCUT2D eigenvalue weighted by molar-refractivity contribution is 0.0981. The third-order valence-corrected chi connectivity index (χ3v) is 3.93. The Hall–Kier alpha value is -1.55. The first-order valence-corrected chi connectivity index (χ1v) is 7.44. The van der Waals surface area contributed by atoms with E-state index in [1.165, 1.54) is 0 Å². The molecule has 0 saturated carbocycles. The Kier molecular flexibility index (Phi) is 5.01. The number of hydrogen-bond donors (Lipinski definition) is 0. The Morgan fingerprint density at radius 1 is 1.35 bits per heavy atom. The van der Waals surface area contributed by atoms with Crippen molar-refractivity contribution in [1.29, 1.82) is 0 Å². The van der Waals surface area contributed by atoms with Crippen LogP contribution >= 0.6 is 15.9 Å². The first-order chi connectivity index (χ1) is 9.63. The highest BCUT2D eigenvalue weighted by Gasteiger charge is 2.08. The van der Waals surface area contributed by atoms with Gasteiger partial charge in [0.05, 0.1) is 7.11 Å². The van der Waals surface area contributed by atoms with Gasteiger partial charge in [-0.2, -0.15) is 0 Å². The van der Waals surface area contributed by atoms with Gasteiger partial charge in [-0.1, -0.05) is 22.9 Å². The van der Waals surface area contributed by atoms with E-state index in [1.54, 1.807) is 7.11 Å². The zero-order valence-electron chi connectivity index (χ0n) is 11.7. The molecule has 4 heteroatoms. The van der Waals surface area contributed by atoms with Gasteiger partial charge in [-0.15, -0.1) is 0 Å². The van der Waals surface area contributed by atoms with Crippen LogP contribution in [0.2, 0.25) is 0 Å². The number of carbonyl (C=O) groups is 1. The van der Waals surface area contributed by atoms with Crippen LogP contribution < -0.4 is 4.74 Å². The van der Waals surface area contributed by atoms with Gasteiger partial charge in [-0.3, -0.25) is 4.79 Å². The average Bonchev–Trinajstić information content (AvgIpc) is 2.90. The number of nitrogens with zero attached hydrogens (tertiary/aromatic N) is 1. The quantitative estimate of drug-likeness (QED) is 0.737. The molecule has 0 radical (unpaired) electrons. The number of carbonyl (C=O) groups excluding carboxylic acids is 1. The Morgan fingerprint density at radius 3 is 2.85 bits per heavy atom. The molecule has 2 rings (SSSR count). The first-order valence-electron chi connectivity index (χ1n) is 6.65. The molecular weight excluding hydrogens is 318 g/mol. The van der Waals surface area contributed by atoms with Crippen LogP contribution in [0.25, 0.3) is 0 Å². The second-order valence-electron chi connectivity index (χ2n) is 4.70. The van der Waals surface area contributed by atoms with E-state index >= 15 is 0 Å². The van der Waals surface area contributed by atoms with Gasteiger partial charge in [0.25, 0.3) is 0 Å². The molecule has 1 aromatic heterocycles. The van der Waals surface area contributed by atoms with Crippen LogP contribution in [0, 0.1) is 0 Å². The molecule has 20 heavy (non-hydrogen) atoms. The van der Waals surface area contributed by atoms with Crippen LogP contribution in [0.5, 0.6) is 5.75 Å². The summed E-state index contributed by atoms with van der Waals surface area (Å²) in [5.41, 5.74) is 1.90.